The summed E-state index contributed by atoms with van der Waals surface area (Å²) in [6.45, 7) is 4.87. The maximum absolute atomic E-state index is 10.6. The van der Waals surface area contributed by atoms with Crippen LogP contribution in [0.4, 0.5) is 0 Å². The highest BCUT2D eigenvalue weighted by atomic mass is 16.3. The zero-order valence-electron chi connectivity index (χ0n) is 5.42. The molecule has 0 saturated carbocycles. The van der Waals surface area contributed by atoms with Crippen molar-refractivity contribution in [3.8, 4) is 0 Å². The Kier molecular flexibility index (Phi) is 3.12. The second-order valence-electron chi connectivity index (χ2n) is 1.90. The Morgan fingerprint density at radius 3 is 2.44 bits per heavy atom. The molecule has 0 amide bonds. The maximum Gasteiger partial charge on any atom is 0.187 e. The number of hydrogen-bond donors (Lipinski definition) is 2. The second-order valence-corrected chi connectivity index (χ2v) is 1.90. The van der Waals surface area contributed by atoms with E-state index in [0.29, 0.717) is 5.57 Å². The van der Waals surface area contributed by atoms with Gasteiger partial charge in [0.25, 0.3) is 0 Å². The number of nitrogens with two attached hydrogens (primary N) is 1. The van der Waals surface area contributed by atoms with Crippen LogP contribution in [0.25, 0.3) is 0 Å². The van der Waals surface area contributed by atoms with Crippen molar-refractivity contribution in [2.24, 2.45) is 5.73 Å². The molecular weight excluding hydrogens is 118 g/mol. The average molecular weight is 129 g/mol. The molecule has 0 rings (SSSR count). The highest BCUT2D eigenvalue weighted by molar-refractivity contribution is 5.97. The van der Waals surface area contributed by atoms with Crippen molar-refractivity contribution in [3.63, 3.8) is 0 Å². The van der Waals surface area contributed by atoms with Crippen LogP contribution in [-0.2, 0) is 4.79 Å². The van der Waals surface area contributed by atoms with Gasteiger partial charge in [-0.05, 0) is 12.5 Å². The number of hydrogen-bond acceptors (Lipinski definition) is 3. The van der Waals surface area contributed by atoms with Gasteiger partial charge in [-0.15, -0.1) is 0 Å². The lowest BCUT2D eigenvalue weighted by molar-refractivity contribution is -0.122. The highest BCUT2D eigenvalue weighted by Crippen LogP contribution is 1.93. The molecule has 3 nitrogen and oxygen atoms in total. The molecule has 9 heavy (non-hydrogen) atoms. The number of rotatable bonds is 3. The van der Waals surface area contributed by atoms with Crippen LogP contribution in [0.5, 0.6) is 0 Å². The fourth-order valence-corrected chi connectivity index (χ4v) is 0.391. The molecule has 3 heteroatoms. The van der Waals surface area contributed by atoms with Gasteiger partial charge in [0.2, 0.25) is 0 Å². The Labute approximate surface area is 54.2 Å². The zero-order chi connectivity index (χ0) is 7.44. The smallest absolute Gasteiger partial charge is 0.187 e. The van der Waals surface area contributed by atoms with Crippen LogP contribution in [0.1, 0.15) is 6.92 Å². The number of carbonyl (C=O) groups is 1. The summed E-state index contributed by atoms with van der Waals surface area (Å²) in [6.07, 6.45) is -1.07. The first kappa shape index (κ1) is 8.33. The molecule has 0 aromatic carbocycles. The number of Topliss-reactive ketones (excluding diaryl/α,β-unsaturated/α-hetero) is 1. The standard InChI is InChI=1S/C6H11NO2/c1-4(2)6(9)5(8)3-7/h5,8H,1,3,7H2,2H3. The van der Waals surface area contributed by atoms with Crippen LogP contribution in [0.3, 0.4) is 0 Å². The molecule has 0 spiro atoms. The molecule has 1 unspecified atom stereocenters. The molecule has 1 atom stereocenters. The summed E-state index contributed by atoms with van der Waals surface area (Å²) in [5, 5.41) is 8.76. The summed E-state index contributed by atoms with van der Waals surface area (Å²) >= 11 is 0. The van der Waals surface area contributed by atoms with Crippen LogP contribution < -0.4 is 5.73 Å². The first-order valence-corrected chi connectivity index (χ1v) is 2.67. The lowest BCUT2D eigenvalue weighted by Gasteiger charge is -2.03. The Morgan fingerprint density at radius 2 is 2.33 bits per heavy atom. The SMILES string of the molecule is C=C(C)C(=O)C(O)CN. The van der Waals surface area contributed by atoms with E-state index in [1.165, 1.54) is 0 Å². The van der Waals surface area contributed by atoms with E-state index in [4.69, 9.17) is 10.8 Å². The van der Waals surface area contributed by atoms with E-state index < -0.39 is 6.10 Å². The van der Waals surface area contributed by atoms with Gasteiger partial charge < -0.3 is 10.8 Å². The van der Waals surface area contributed by atoms with Gasteiger partial charge in [-0.3, -0.25) is 4.79 Å². The third-order valence-electron chi connectivity index (χ3n) is 0.947. The fraction of sp³-hybridized carbons (Fsp3) is 0.500. The van der Waals surface area contributed by atoms with Gasteiger partial charge in [0.15, 0.2) is 5.78 Å². The monoisotopic (exact) mass is 129 g/mol. The van der Waals surface area contributed by atoms with Crippen LogP contribution in [-0.4, -0.2) is 23.5 Å². The van der Waals surface area contributed by atoms with Gasteiger partial charge in [0.1, 0.15) is 6.10 Å². The van der Waals surface area contributed by atoms with Crippen molar-refractivity contribution in [2.45, 2.75) is 13.0 Å². The summed E-state index contributed by atoms with van der Waals surface area (Å²) < 4.78 is 0. The topological polar surface area (TPSA) is 63.3 Å². The molecule has 52 valence electrons. The Bertz CT molecular complexity index is 131. The largest absolute Gasteiger partial charge is 0.384 e. The predicted octanol–water partition coefficient (Wildman–Crippen LogP) is -0.549. The van der Waals surface area contributed by atoms with Crippen LogP contribution >= 0.6 is 0 Å². The maximum atomic E-state index is 10.6. The first-order chi connectivity index (χ1) is 4.09. The molecule has 0 aromatic heterocycles. The average Bonchev–Trinajstić information content (AvgIpc) is 1.84. The third-order valence-corrected chi connectivity index (χ3v) is 0.947. The molecule has 3 N–H and O–H groups in total. The second kappa shape index (κ2) is 3.37. The van der Waals surface area contributed by atoms with Crippen LogP contribution in [0.15, 0.2) is 12.2 Å². The van der Waals surface area contributed by atoms with Crippen molar-refractivity contribution in [1.82, 2.24) is 0 Å². The molecule has 0 aliphatic heterocycles. The molecule has 0 aliphatic rings. The summed E-state index contributed by atoms with van der Waals surface area (Å²) in [5.74, 6) is -0.377. The van der Waals surface area contributed by atoms with E-state index in [0.717, 1.165) is 0 Å². The van der Waals surface area contributed by atoms with Gasteiger partial charge in [-0.25, -0.2) is 0 Å². The number of aliphatic hydroxyl groups excluding tert-OH is 1. The quantitative estimate of drug-likeness (QED) is 0.502. The molecule has 0 radical (unpaired) electrons. The number of aliphatic hydroxyl groups is 1. The van der Waals surface area contributed by atoms with Gasteiger partial charge in [0, 0.05) is 6.54 Å². The molecule has 0 heterocycles. The third kappa shape index (κ3) is 2.39. The van der Waals surface area contributed by atoms with E-state index in [9.17, 15) is 4.79 Å². The molecule has 0 fully saturated rings. The number of ketones is 1. The van der Waals surface area contributed by atoms with E-state index >= 15 is 0 Å². The van der Waals surface area contributed by atoms with Crippen LogP contribution in [0, 0.1) is 0 Å². The minimum absolute atomic E-state index is 0.0360. The highest BCUT2D eigenvalue weighted by Gasteiger charge is 2.11. The van der Waals surface area contributed by atoms with Crippen molar-refractivity contribution < 1.29 is 9.90 Å². The Hall–Kier alpha value is -0.670. The number of carbonyl (C=O) groups excluding carboxylic acids is 1. The normalized spacial score (nSPS) is 12.8. The van der Waals surface area contributed by atoms with Gasteiger partial charge in [0.05, 0.1) is 0 Å². The molecule has 0 saturated heterocycles. The van der Waals surface area contributed by atoms with Crippen molar-refractivity contribution in [2.75, 3.05) is 6.54 Å². The molecular formula is C6H11NO2. The lowest BCUT2D eigenvalue weighted by Crippen LogP contribution is -2.29. The summed E-state index contributed by atoms with van der Waals surface area (Å²) in [5.41, 5.74) is 5.34. The lowest BCUT2D eigenvalue weighted by atomic mass is 10.1. The van der Waals surface area contributed by atoms with E-state index in [1.807, 2.05) is 0 Å². The van der Waals surface area contributed by atoms with Gasteiger partial charge >= 0.3 is 0 Å². The summed E-state index contributed by atoms with van der Waals surface area (Å²) in [6, 6.07) is 0. The van der Waals surface area contributed by atoms with Crippen molar-refractivity contribution in [3.05, 3.63) is 12.2 Å². The molecule has 0 bridgehead atoms. The van der Waals surface area contributed by atoms with Crippen LogP contribution in [0.2, 0.25) is 0 Å². The Morgan fingerprint density at radius 1 is 1.89 bits per heavy atom. The first-order valence-electron chi connectivity index (χ1n) is 2.67. The fourth-order valence-electron chi connectivity index (χ4n) is 0.391. The Balaban J connectivity index is 3.88. The zero-order valence-corrected chi connectivity index (χ0v) is 5.42. The van der Waals surface area contributed by atoms with Gasteiger partial charge in [-0.2, -0.15) is 0 Å². The summed E-state index contributed by atoms with van der Waals surface area (Å²) in [7, 11) is 0. The molecule has 0 aliphatic carbocycles. The van der Waals surface area contributed by atoms with E-state index in [-0.39, 0.29) is 12.3 Å². The van der Waals surface area contributed by atoms with Crippen molar-refractivity contribution in [1.29, 1.82) is 0 Å². The van der Waals surface area contributed by atoms with Gasteiger partial charge in [-0.1, -0.05) is 6.58 Å². The van der Waals surface area contributed by atoms with Crippen molar-refractivity contribution >= 4 is 5.78 Å². The van der Waals surface area contributed by atoms with E-state index in [1.54, 1.807) is 6.92 Å². The predicted molar refractivity (Wildman–Crippen MR) is 34.9 cm³/mol. The molecule has 0 aromatic rings. The minimum atomic E-state index is -1.07. The summed E-state index contributed by atoms with van der Waals surface area (Å²) in [4.78, 5) is 10.6. The minimum Gasteiger partial charge on any atom is -0.384 e. The van der Waals surface area contributed by atoms with E-state index in [2.05, 4.69) is 6.58 Å².